The zero-order valence-electron chi connectivity index (χ0n) is 16.2. The van der Waals surface area contributed by atoms with E-state index in [-0.39, 0.29) is 6.29 Å². The summed E-state index contributed by atoms with van der Waals surface area (Å²) in [5.41, 5.74) is 1.42. The second kappa shape index (κ2) is 11.2. The van der Waals surface area contributed by atoms with Crippen molar-refractivity contribution in [3.05, 3.63) is 29.8 Å². The number of unbranched alkanes of at least 4 members (excludes halogenated alkanes) is 2. The fourth-order valence-electron chi connectivity index (χ4n) is 3.25. The van der Waals surface area contributed by atoms with Crippen LogP contribution in [0.3, 0.4) is 0 Å². The normalized spacial score (nSPS) is 15.6. The molecule has 26 heavy (non-hydrogen) atoms. The van der Waals surface area contributed by atoms with Gasteiger partial charge in [-0.15, -0.1) is 0 Å². The van der Waals surface area contributed by atoms with Crippen molar-refractivity contribution in [1.29, 1.82) is 0 Å². The van der Waals surface area contributed by atoms with E-state index in [0.29, 0.717) is 11.5 Å². The number of piperidine rings is 1. The molecule has 5 heteroatoms. The number of hydrogen-bond donors (Lipinski definition) is 1. The van der Waals surface area contributed by atoms with Gasteiger partial charge in [0.2, 0.25) is 0 Å². The lowest BCUT2D eigenvalue weighted by Crippen LogP contribution is -2.40. The average Bonchev–Trinajstić information content (AvgIpc) is 2.67. The first-order chi connectivity index (χ1) is 12.7. The van der Waals surface area contributed by atoms with Crippen LogP contribution in [-0.2, 0) is 9.47 Å². The molecule has 0 radical (unpaired) electrons. The minimum Gasteiger partial charge on any atom is -0.478 e. The molecule has 0 saturated carbocycles. The smallest absolute Gasteiger partial charge is 0.335 e. The Labute approximate surface area is 157 Å². The highest BCUT2D eigenvalue weighted by Gasteiger charge is 2.28. The molecule has 1 aliphatic heterocycles. The molecule has 1 heterocycles. The molecule has 1 aromatic carbocycles. The first kappa shape index (κ1) is 20.7. The molecule has 1 saturated heterocycles. The molecule has 2 rings (SSSR count). The number of nitrogens with zero attached hydrogens (tertiary/aromatic N) is 1. The molecule has 0 atom stereocenters. The number of hydrogen-bond acceptors (Lipinski definition) is 4. The molecule has 0 amide bonds. The van der Waals surface area contributed by atoms with Crippen molar-refractivity contribution in [2.24, 2.45) is 5.92 Å². The lowest BCUT2D eigenvalue weighted by Gasteiger charge is -2.37. The Morgan fingerprint density at radius 3 is 2.08 bits per heavy atom. The molecular weight excluding hydrogens is 330 g/mol. The van der Waals surface area contributed by atoms with Gasteiger partial charge in [0.15, 0.2) is 6.29 Å². The van der Waals surface area contributed by atoms with Crippen LogP contribution in [0.25, 0.3) is 0 Å². The van der Waals surface area contributed by atoms with Crippen LogP contribution in [0, 0.1) is 5.92 Å². The van der Waals surface area contributed by atoms with Gasteiger partial charge in [-0.1, -0.05) is 26.7 Å². The molecule has 146 valence electrons. The van der Waals surface area contributed by atoms with Gasteiger partial charge >= 0.3 is 5.97 Å². The lowest BCUT2D eigenvalue weighted by molar-refractivity contribution is -0.177. The topological polar surface area (TPSA) is 59.0 Å². The standard InChI is InChI=1S/C21H33NO4/c1-3-5-15-25-21(26-16-6-4-2)18-11-13-22(14-12-18)19-9-7-17(8-10-19)20(23)24/h7-10,18,21H,3-6,11-16H2,1-2H3,(H,23,24). The van der Waals surface area contributed by atoms with Crippen molar-refractivity contribution in [1.82, 2.24) is 0 Å². The number of carboxylic acids is 1. The first-order valence-electron chi connectivity index (χ1n) is 9.97. The van der Waals surface area contributed by atoms with Crippen molar-refractivity contribution in [3.8, 4) is 0 Å². The summed E-state index contributed by atoms with van der Waals surface area (Å²) in [6.45, 7) is 7.77. The number of carboxylic acid groups (broad SMARTS) is 1. The van der Waals surface area contributed by atoms with E-state index in [1.807, 2.05) is 12.1 Å². The Hall–Kier alpha value is -1.59. The third-order valence-corrected chi connectivity index (χ3v) is 4.96. The quantitative estimate of drug-likeness (QED) is 0.461. The van der Waals surface area contributed by atoms with Crippen LogP contribution in [-0.4, -0.2) is 43.7 Å². The molecule has 1 fully saturated rings. The van der Waals surface area contributed by atoms with Gasteiger partial charge in [0.25, 0.3) is 0 Å². The summed E-state index contributed by atoms with van der Waals surface area (Å²) < 4.78 is 12.1. The SMILES string of the molecule is CCCCOC(OCCCC)C1CCN(c2ccc(C(=O)O)cc2)CC1. The van der Waals surface area contributed by atoms with Crippen LogP contribution in [0.5, 0.6) is 0 Å². The van der Waals surface area contributed by atoms with Crippen LogP contribution in [0.15, 0.2) is 24.3 Å². The highest BCUT2D eigenvalue weighted by molar-refractivity contribution is 5.88. The molecule has 1 N–H and O–H groups in total. The fraction of sp³-hybridized carbons (Fsp3) is 0.667. The van der Waals surface area contributed by atoms with E-state index in [1.165, 1.54) is 0 Å². The van der Waals surface area contributed by atoms with Gasteiger partial charge < -0.3 is 19.5 Å². The van der Waals surface area contributed by atoms with Crippen LogP contribution in [0.1, 0.15) is 62.7 Å². The highest BCUT2D eigenvalue weighted by atomic mass is 16.7. The lowest BCUT2D eigenvalue weighted by atomic mass is 9.95. The van der Waals surface area contributed by atoms with Gasteiger partial charge in [0.1, 0.15) is 0 Å². The molecule has 0 spiro atoms. The van der Waals surface area contributed by atoms with E-state index in [4.69, 9.17) is 14.6 Å². The zero-order valence-corrected chi connectivity index (χ0v) is 16.2. The minimum absolute atomic E-state index is 0.0929. The fourth-order valence-corrected chi connectivity index (χ4v) is 3.25. The average molecular weight is 363 g/mol. The number of ether oxygens (including phenoxy) is 2. The van der Waals surface area contributed by atoms with Gasteiger partial charge in [0.05, 0.1) is 5.56 Å². The predicted molar refractivity (Wildman–Crippen MR) is 104 cm³/mol. The van der Waals surface area contributed by atoms with E-state index in [0.717, 1.165) is 70.5 Å². The number of benzene rings is 1. The largest absolute Gasteiger partial charge is 0.478 e. The van der Waals surface area contributed by atoms with Gasteiger partial charge in [-0.25, -0.2) is 4.79 Å². The van der Waals surface area contributed by atoms with Crippen LogP contribution in [0.4, 0.5) is 5.69 Å². The summed E-state index contributed by atoms with van der Waals surface area (Å²) in [4.78, 5) is 13.3. The molecule has 0 aliphatic carbocycles. The maximum Gasteiger partial charge on any atom is 0.335 e. The highest BCUT2D eigenvalue weighted by Crippen LogP contribution is 2.27. The molecule has 0 bridgehead atoms. The number of rotatable bonds is 11. The van der Waals surface area contributed by atoms with Gasteiger partial charge in [-0.2, -0.15) is 0 Å². The number of anilines is 1. The van der Waals surface area contributed by atoms with Crippen LogP contribution >= 0.6 is 0 Å². The Bertz CT molecular complexity index is 513. The van der Waals surface area contributed by atoms with E-state index >= 15 is 0 Å². The third kappa shape index (κ3) is 6.29. The van der Waals surface area contributed by atoms with Crippen molar-refractivity contribution >= 4 is 11.7 Å². The Kier molecular flexibility index (Phi) is 8.92. The summed E-state index contributed by atoms with van der Waals surface area (Å²) in [6.07, 6.45) is 6.38. The Morgan fingerprint density at radius 1 is 1.08 bits per heavy atom. The van der Waals surface area contributed by atoms with Crippen molar-refractivity contribution in [2.45, 2.75) is 58.7 Å². The summed E-state index contributed by atoms with van der Waals surface area (Å²) in [7, 11) is 0. The van der Waals surface area contributed by atoms with Gasteiger partial charge in [0, 0.05) is 37.9 Å². The van der Waals surface area contributed by atoms with E-state index in [9.17, 15) is 4.79 Å². The molecule has 1 aromatic rings. The minimum atomic E-state index is -0.883. The summed E-state index contributed by atoms with van der Waals surface area (Å²) in [6, 6.07) is 7.15. The third-order valence-electron chi connectivity index (χ3n) is 4.96. The maximum absolute atomic E-state index is 11.0. The summed E-state index contributed by atoms with van der Waals surface area (Å²) in [5.74, 6) is -0.454. The van der Waals surface area contributed by atoms with E-state index in [2.05, 4.69) is 18.7 Å². The monoisotopic (exact) mass is 363 g/mol. The molecule has 5 nitrogen and oxygen atoms in total. The number of aromatic carboxylic acids is 1. The molecular formula is C21H33NO4. The number of carbonyl (C=O) groups is 1. The second-order valence-electron chi connectivity index (χ2n) is 6.99. The van der Waals surface area contributed by atoms with Crippen molar-refractivity contribution < 1.29 is 19.4 Å². The second-order valence-corrected chi connectivity index (χ2v) is 6.99. The van der Waals surface area contributed by atoms with Crippen molar-refractivity contribution in [3.63, 3.8) is 0 Å². The van der Waals surface area contributed by atoms with E-state index in [1.54, 1.807) is 12.1 Å². The van der Waals surface area contributed by atoms with E-state index < -0.39 is 5.97 Å². The predicted octanol–water partition coefficient (Wildman–Crippen LogP) is 4.56. The van der Waals surface area contributed by atoms with Crippen molar-refractivity contribution in [2.75, 3.05) is 31.2 Å². The van der Waals surface area contributed by atoms with Gasteiger partial charge in [-0.05, 0) is 49.9 Å². The van der Waals surface area contributed by atoms with Crippen LogP contribution in [0.2, 0.25) is 0 Å². The molecule has 0 unspecified atom stereocenters. The Morgan fingerprint density at radius 2 is 1.62 bits per heavy atom. The first-order valence-corrected chi connectivity index (χ1v) is 9.97. The zero-order chi connectivity index (χ0) is 18.8. The maximum atomic E-state index is 11.0. The molecule has 0 aromatic heterocycles. The van der Waals surface area contributed by atoms with Crippen LogP contribution < -0.4 is 4.90 Å². The Balaban J connectivity index is 1.87. The van der Waals surface area contributed by atoms with Gasteiger partial charge in [-0.3, -0.25) is 0 Å². The summed E-state index contributed by atoms with van der Waals surface area (Å²) >= 11 is 0. The molecule has 1 aliphatic rings. The summed E-state index contributed by atoms with van der Waals surface area (Å²) in [5, 5.41) is 9.02.